The molecule has 116 valence electrons. The quantitative estimate of drug-likeness (QED) is 0.681. The van der Waals surface area contributed by atoms with E-state index in [1.807, 2.05) is 0 Å². The summed E-state index contributed by atoms with van der Waals surface area (Å²) in [5.74, 6) is -0.975. The maximum atomic E-state index is 11.9. The zero-order chi connectivity index (χ0) is 15.4. The van der Waals surface area contributed by atoms with Crippen LogP contribution in [0.5, 0.6) is 0 Å². The van der Waals surface area contributed by atoms with Gasteiger partial charge in [-0.05, 0) is 26.2 Å². The van der Waals surface area contributed by atoms with Gasteiger partial charge in [0.1, 0.15) is 0 Å². The molecule has 1 rings (SSSR count). The van der Waals surface area contributed by atoms with Crippen molar-refractivity contribution in [2.75, 3.05) is 6.54 Å². The van der Waals surface area contributed by atoms with Gasteiger partial charge in [0, 0.05) is 19.0 Å². The van der Waals surface area contributed by atoms with E-state index < -0.39 is 36.1 Å². The van der Waals surface area contributed by atoms with Crippen LogP contribution in [0.4, 0.5) is 18.0 Å². The summed E-state index contributed by atoms with van der Waals surface area (Å²) in [4.78, 5) is 22.7. The van der Waals surface area contributed by atoms with E-state index in [1.54, 1.807) is 6.92 Å². The zero-order valence-electron chi connectivity index (χ0n) is 11.2. The number of rotatable bonds is 5. The molecule has 0 aromatic heterocycles. The number of urea groups is 1. The molecule has 1 saturated carbocycles. The Morgan fingerprint density at radius 3 is 2.60 bits per heavy atom. The summed E-state index contributed by atoms with van der Waals surface area (Å²) in [5.41, 5.74) is -1.01. The Bertz CT molecular complexity index is 373. The van der Waals surface area contributed by atoms with E-state index in [2.05, 4.69) is 10.6 Å². The molecule has 1 aliphatic carbocycles. The average Bonchev–Trinajstić information content (AvgIpc) is 2.67. The van der Waals surface area contributed by atoms with Gasteiger partial charge in [-0.15, -0.1) is 0 Å². The highest BCUT2D eigenvalue weighted by Crippen LogP contribution is 2.38. The SMILES string of the molecule is CC1(C(=O)O)CCCC1NC(=O)NCCCC(F)(F)F. The molecular weight excluding hydrogens is 277 g/mol. The third-order valence-corrected chi connectivity index (χ3v) is 3.67. The smallest absolute Gasteiger partial charge is 0.389 e. The second-order valence-electron chi connectivity index (χ2n) is 5.29. The van der Waals surface area contributed by atoms with Crippen LogP contribution >= 0.6 is 0 Å². The minimum absolute atomic E-state index is 0.0954. The lowest BCUT2D eigenvalue weighted by molar-refractivity contribution is -0.148. The number of nitrogens with one attached hydrogen (secondary N) is 2. The van der Waals surface area contributed by atoms with Crippen molar-refractivity contribution >= 4 is 12.0 Å². The first-order valence-electron chi connectivity index (χ1n) is 6.50. The molecule has 1 fully saturated rings. The molecule has 0 saturated heterocycles. The van der Waals surface area contributed by atoms with Gasteiger partial charge in [-0.1, -0.05) is 6.42 Å². The second kappa shape index (κ2) is 6.32. The molecule has 2 atom stereocenters. The zero-order valence-corrected chi connectivity index (χ0v) is 11.2. The van der Waals surface area contributed by atoms with Gasteiger partial charge in [-0.3, -0.25) is 4.79 Å². The summed E-state index contributed by atoms with van der Waals surface area (Å²) < 4.78 is 35.7. The van der Waals surface area contributed by atoms with Crippen molar-refractivity contribution < 1.29 is 27.9 Å². The molecule has 1 aliphatic rings. The summed E-state index contributed by atoms with van der Waals surface area (Å²) in [5, 5.41) is 14.0. The number of halogens is 3. The average molecular weight is 296 g/mol. The Balaban J connectivity index is 2.34. The Labute approximate surface area is 114 Å². The minimum Gasteiger partial charge on any atom is -0.481 e. The van der Waals surface area contributed by atoms with Crippen LogP contribution in [0.3, 0.4) is 0 Å². The molecule has 20 heavy (non-hydrogen) atoms. The van der Waals surface area contributed by atoms with Crippen molar-refractivity contribution in [1.82, 2.24) is 10.6 Å². The molecule has 3 N–H and O–H groups in total. The standard InChI is InChI=1S/C12H19F3N2O3/c1-11(9(18)19)5-2-4-8(11)17-10(20)16-7-3-6-12(13,14)15/h8H,2-7H2,1H3,(H,18,19)(H2,16,17,20). The Morgan fingerprint density at radius 2 is 2.05 bits per heavy atom. The van der Waals surface area contributed by atoms with Gasteiger partial charge in [-0.2, -0.15) is 13.2 Å². The molecule has 0 aliphatic heterocycles. The van der Waals surface area contributed by atoms with Crippen LogP contribution in [0.2, 0.25) is 0 Å². The molecule has 0 spiro atoms. The van der Waals surface area contributed by atoms with Crippen LogP contribution in [0.15, 0.2) is 0 Å². The number of hydrogen-bond acceptors (Lipinski definition) is 2. The largest absolute Gasteiger partial charge is 0.481 e. The van der Waals surface area contributed by atoms with Crippen LogP contribution < -0.4 is 10.6 Å². The molecule has 0 radical (unpaired) electrons. The summed E-state index contributed by atoms with van der Waals surface area (Å²) in [6.07, 6.45) is -3.66. The molecule has 2 unspecified atom stereocenters. The van der Waals surface area contributed by atoms with E-state index in [9.17, 15) is 22.8 Å². The first-order valence-corrected chi connectivity index (χ1v) is 6.50. The van der Waals surface area contributed by atoms with E-state index in [4.69, 9.17) is 5.11 Å². The molecule has 0 bridgehead atoms. The van der Waals surface area contributed by atoms with Crippen molar-refractivity contribution in [3.63, 3.8) is 0 Å². The maximum absolute atomic E-state index is 11.9. The molecule has 5 nitrogen and oxygen atoms in total. The predicted octanol–water partition coefficient (Wildman–Crippen LogP) is 2.27. The van der Waals surface area contributed by atoms with Crippen molar-refractivity contribution in [3.8, 4) is 0 Å². The van der Waals surface area contributed by atoms with Crippen LogP contribution in [-0.4, -0.2) is 35.9 Å². The molecule has 0 aromatic carbocycles. The number of carbonyl (C=O) groups is 2. The van der Waals surface area contributed by atoms with E-state index in [0.717, 1.165) is 0 Å². The highest BCUT2D eigenvalue weighted by Gasteiger charge is 2.45. The fraction of sp³-hybridized carbons (Fsp3) is 0.833. The van der Waals surface area contributed by atoms with Crippen molar-refractivity contribution in [1.29, 1.82) is 0 Å². The lowest BCUT2D eigenvalue weighted by atomic mass is 9.85. The molecular formula is C12H19F3N2O3. The van der Waals surface area contributed by atoms with Gasteiger partial charge in [0.25, 0.3) is 0 Å². The van der Waals surface area contributed by atoms with Gasteiger partial charge in [0.05, 0.1) is 5.41 Å². The number of amides is 2. The van der Waals surface area contributed by atoms with E-state index >= 15 is 0 Å². The van der Waals surface area contributed by atoms with Gasteiger partial charge < -0.3 is 15.7 Å². The Kier molecular flexibility index (Phi) is 5.24. The summed E-state index contributed by atoms with van der Waals surface area (Å²) in [6, 6.07) is -1.12. The number of carboxylic acid groups (broad SMARTS) is 1. The fourth-order valence-electron chi connectivity index (χ4n) is 2.35. The van der Waals surface area contributed by atoms with E-state index in [0.29, 0.717) is 19.3 Å². The van der Waals surface area contributed by atoms with Crippen LogP contribution in [-0.2, 0) is 4.79 Å². The Hall–Kier alpha value is -1.47. The second-order valence-corrected chi connectivity index (χ2v) is 5.29. The van der Waals surface area contributed by atoms with Crippen LogP contribution in [0.1, 0.15) is 39.0 Å². The number of hydrogen-bond donors (Lipinski definition) is 3. The molecule has 0 aromatic rings. The highest BCUT2D eigenvalue weighted by molar-refractivity contribution is 5.79. The lowest BCUT2D eigenvalue weighted by Gasteiger charge is -2.27. The van der Waals surface area contributed by atoms with Crippen LogP contribution in [0.25, 0.3) is 0 Å². The van der Waals surface area contributed by atoms with E-state index in [-0.39, 0.29) is 13.0 Å². The highest BCUT2D eigenvalue weighted by atomic mass is 19.4. The first-order chi connectivity index (χ1) is 9.15. The topological polar surface area (TPSA) is 78.4 Å². The summed E-state index contributed by atoms with van der Waals surface area (Å²) >= 11 is 0. The number of alkyl halides is 3. The Morgan fingerprint density at radius 1 is 1.40 bits per heavy atom. The van der Waals surface area contributed by atoms with Gasteiger partial charge in [0.2, 0.25) is 0 Å². The lowest BCUT2D eigenvalue weighted by Crippen LogP contribution is -2.50. The number of carboxylic acids is 1. The van der Waals surface area contributed by atoms with Gasteiger partial charge in [0.15, 0.2) is 0 Å². The normalized spacial score (nSPS) is 26.3. The van der Waals surface area contributed by atoms with Crippen molar-refractivity contribution in [2.45, 2.75) is 51.2 Å². The monoisotopic (exact) mass is 296 g/mol. The predicted molar refractivity (Wildman–Crippen MR) is 65.2 cm³/mol. The molecule has 0 heterocycles. The fourth-order valence-corrected chi connectivity index (χ4v) is 2.35. The first kappa shape index (κ1) is 16.6. The van der Waals surface area contributed by atoms with Gasteiger partial charge >= 0.3 is 18.2 Å². The van der Waals surface area contributed by atoms with Crippen LogP contribution in [0, 0.1) is 5.41 Å². The summed E-state index contributed by atoms with van der Waals surface area (Å²) in [6.45, 7) is 1.47. The molecule has 2 amide bonds. The third kappa shape index (κ3) is 4.57. The van der Waals surface area contributed by atoms with Crippen molar-refractivity contribution in [3.05, 3.63) is 0 Å². The van der Waals surface area contributed by atoms with E-state index in [1.165, 1.54) is 0 Å². The number of carbonyl (C=O) groups excluding carboxylic acids is 1. The third-order valence-electron chi connectivity index (χ3n) is 3.67. The molecule has 8 heteroatoms. The summed E-state index contributed by atoms with van der Waals surface area (Å²) in [7, 11) is 0. The maximum Gasteiger partial charge on any atom is 0.389 e. The number of aliphatic carboxylic acids is 1. The van der Waals surface area contributed by atoms with Crippen molar-refractivity contribution in [2.24, 2.45) is 5.41 Å². The minimum atomic E-state index is -4.23. The van der Waals surface area contributed by atoms with Gasteiger partial charge in [-0.25, -0.2) is 4.79 Å².